The number of anilines is 1. The number of nitriles is 1. The van der Waals surface area contributed by atoms with Gasteiger partial charge in [-0.3, -0.25) is 14.2 Å². The number of aromatic nitrogens is 2. The second-order valence-electron chi connectivity index (χ2n) is 8.20. The fraction of sp³-hybridized carbons (Fsp3) is 0.280. The van der Waals surface area contributed by atoms with E-state index in [4.69, 9.17) is 4.98 Å². The molecule has 0 saturated heterocycles. The zero-order chi connectivity index (χ0) is 23.8. The van der Waals surface area contributed by atoms with E-state index in [1.165, 1.54) is 39.3 Å². The number of fused-ring (bicyclic) bond motifs is 2. The number of thioether (sulfide) groups is 1. The maximum atomic E-state index is 13.5. The molecule has 3 heterocycles. The number of benzene rings is 1. The van der Waals surface area contributed by atoms with Crippen molar-refractivity contribution in [2.24, 2.45) is 0 Å². The van der Waals surface area contributed by atoms with Gasteiger partial charge in [0.25, 0.3) is 5.56 Å². The molecule has 172 valence electrons. The molecule has 1 aliphatic carbocycles. The van der Waals surface area contributed by atoms with Crippen LogP contribution in [0.15, 0.2) is 40.3 Å². The van der Waals surface area contributed by atoms with E-state index in [-0.39, 0.29) is 17.2 Å². The maximum Gasteiger partial charge on any atom is 0.267 e. The Morgan fingerprint density at radius 1 is 1.21 bits per heavy atom. The molecule has 1 aliphatic rings. The van der Waals surface area contributed by atoms with Crippen LogP contribution < -0.4 is 10.9 Å². The second-order valence-corrected chi connectivity index (χ2v) is 11.4. The van der Waals surface area contributed by atoms with Crippen LogP contribution in [-0.2, 0) is 17.6 Å². The van der Waals surface area contributed by atoms with Crippen molar-refractivity contribution in [1.82, 2.24) is 9.55 Å². The summed E-state index contributed by atoms with van der Waals surface area (Å²) in [5.74, 6) is -0.130. The van der Waals surface area contributed by atoms with E-state index in [9.17, 15) is 14.9 Å². The fourth-order valence-electron chi connectivity index (χ4n) is 4.24. The molecule has 9 heteroatoms. The van der Waals surface area contributed by atoms with Gasteiger partial charge in [-0.15, -0.1) is 22.7 Å². The average molecular weight is 507 g/mol. The summed E-state index contributed by atoms with van der Waals surface area (Å²) in [7, 11) is 0. The summed E-state index contributed by atoms with van der Waals surface area (Å²) in [4.78, 5) is 34.1. The molecule has 0 atom stereocenters. The molecule has 0 saturated carbocycles. The molecule has 1 aromatic carbocycles. The Labute approximate surface area is 209 Å². The zero-order valence-corrected chi connectivity index (χ0v) is 21.3. The van der Waals surface area contributed by atoms with E-state index in [0.29, 0.717) is 31.6 Å². The molecular formula is C25H22N4O2S3. The monoisotopic (exact) mass is 506 g/mol. The highest BCUT2D eigenvalue weighted by molar-refractivity contribution is 7.99. The van der Waals surface area contributed by atoms with Crippen LogP contribution in [0, 0.1) is 25.2 Å². The lowest BCUT2D eigenvalue weighted by atomic mass is 9.96. The highest BCUT2D eigenvalue weighted by Gasteiger charge is 2.23. The number of para-hydroxylation sites is 1. The third-order valence-corrected chi connectivity index (χ3v) is 9.30. The van der Waals surface area contributed by atoms with Gasteiger partial charge in [0.15, 0.2) is 5.16 Å². The van der Waals surface area contributed by atoms with Crippen molar-refractivity contribution in [2.45, 2.75) is 44.7 Å². The molecule has 0 unspecified atom stereocenters. The zero-order valence-electron chi connectivity index (χ0n) is 18.8. The number of hydrogen-bond donors (Lipinski definition) is 1. The minimum absolute atomic E-state index is 0.0849. The van der Waals surface area contributed by atoms with Gasteiger partial charge in [0.05, 0.1) is 22.4 Å². The topological polar surface area (TPSA) is 87.8 Å². The van der Waals surface area contributed by atoms with Crippen molar-refractivity contribution >= 4 is 55.6 Å². The van der Waals surface area contributed by atoms with Gasteiger partial charge in [0.2, 0.25) is 5.91 Å². The minimum atomic E-state index is -0.215. The standard InChI is InChI=1S/C25H22N4O2S3/c1-14-15(2)33-23-21(14)24(31)29(16-8-4-3-5-9-16)25(28-23)32-13-20(30)27-22-18(12-26)17-10-6-7-11-19(17)34-22/h3-5,8-9H,6-7,10-11,13H2,1-2H3,(H,27,30). The van der Waals surface area contributed by atoms with Gasteiger partial charge in [0, 0.05) is 9.75 Å². The number of carbonyl (C=O) groups excluding carboxylic acids is 1. The lowest BCUT2D eigenvalue weighted by molar-refractivity contribution is -0.113. The van der Waals surface area contributed by atoms with Gasteiger partial charge in [-0.2, -0.15) is 5.26 Å². The number of carbonyl (C=O) groups is 1. The van der Waals surface area contributed by atoms with Crippen LogP contribution in [0.25, 0.3) is 15.9 Å². The Morgan fingerprint density at radius 2 is 1.97 bits per heavy atom. The van der Waals surface area contributed by atoms with Crippen molar-refractivity contribution in [1.29, 1.82) is 5.26 Å². The predicted octanol–water partition coefficient (Wildman–Crippen LogP) is 5.61. The molecule has 0 bridgehead atoms. The third-order valence-electron chi connectivity index (χ3n) is 6.05. The SMILES string of the molecule is Cc1sc2nc(SCC(=O)Nc3sc4c(c3C#N)CCCC4)n(-c3ccccc3)c(=O)c2c1C. The number of aryl methyl sites for hydroxylation is 3. The minimum Gasteiger partial charge on any atom is -0.316 e. The van der Waals surface area contributed by atoms with Crippen LogP contribution in [0.3, 0.4) is 0 Å². The fourth-order valence-corrected chi connectivity index (χ4v) is 7.38. The summed E-state index contributed by atoms with van der Waals surface area (Å²) >= 11 is 4.24. The highest BCUT2D eigenvalue weighted by atomic mass is 32.2. The van der Waals surface area contributed by atoms with Crippen LogP contribution in [-0.4, -0.2) is 21.2 Å². The maximum absolute atomic E-state index is 13.5. The summed E-state index contributed by atoms with van der Waals surface area (Å²) in [5.41, 5.74) is 3.23. The average Bonchev–Trinajstić information content (AvgIpc) is 3.33. The molecule has 0 spiro atoms. The van der Waals surface area contributed by atoms with Crippen LogP contribution in [0.2, 0.25) is 0 Å². The first kappa shape index (κ1) is 22.8. The molecule has 1 amide bonds. The smallest absolute Gasteiger partial charge is 0.267 e. The molecule has 34 heavy (non-hydrogen) atoms. The largest absolute Gasteiger partial charge is 0.316 e. The van der Waals surface area contributed by atoms with Crippen molar-refractivity contribution in [2.75, 3.05) is 11.1 Å². The van der Waals surface area contributed by atoms with E-state index >= 15 is 0 Å². The van der Waals surface area contributed by atoms with Gasteiger partial charge < -0.3 is 5.32 Å². The van der Waals surface area contributed by atoms with Gasteiger partial charge >= 0.3 is 0 Å². The van der Waals surface area contributed by atoms with E-state index in [1.807, 2.05) is 44.2 Å². The van der Waals surface area contributed by atoms with Crippen LogP contribution in [0.5, 0.6) is 0 Å². The number of rotatable bonds is 5. The van der Waals surface area contributed by atoms with Crippen LogP contribution >= 0.6 is 34.4 Å². The van der Waals surface area contributed by atoms with E-state index in [0.717, 1.165) is 41.7 Å². The molecule has 5 rings (SSSR count). The molecule has 0 aliphatic heterocycles. The normalized spacial score (nSPS) is 13.0. The Kier molecular flexibility index (Phi) is 6.30. The number of amides is 1. The summed E-state index contributed by atoms with van der Waals surface area (Å²) in [6.45, 7) is 3.93. The van der Waals surface area contributed by atoms with Gasteiger partial charge in [-0.1, -0.05) is 30.0 Å². The van der Waals surface area contributed by atoms with Crippen molar-refractivity contribution in [3.8, 4) is 11.8 Å². The number of hydrogen-bond acceptors (Lipinski definition) is 7. The second kappa shape index (κ2) is 9.37. The Bertz CT molecular complexity index is 1510. The Hall–Kier alpha value is -2.93. The van der Waals surface area contributed by atoms with E-state index in [1.54, 1.807) is 4.57 Å². The quantitative estimate of drug-likeness (QED) is 0.281. The van der Waals surface area contributed by atoms with Crippen molar-refractivity contribution in [3.05, 3.63) is 67.1 Å². The van der Waals surface area contributed by atoms with Gasteiger partial charge in [-0.05, 0) is 62.8 Å². The first-order valence-electron chi connectivity index (χ1n) is 11.0. The van der Waals surface area contributed by atoms with Gasteiger partial charge in [-0.25, -0.2) is 4.98 Å². The molecule has 0 radical (unpaired) electrons. The summed E-state index contributed by atoms with van der Waals surface area (Å²) in [6.07, 6.45) is 4.06. The highest BCUT2D eigenvalue weighted by Crippen LogP contribution is 2.38. The van der Waals surface area contributed by atoms with Gasteiger partial charge in [0.1, 0.15) is 15.9 Å². The lowest BCUT2D eigenvalue weighted by Gasteiger charge is -2.12. The lowest BCUT2D eigenvalue weighted by Crippen LogP contribution is -2.22. The summed E-state index contributed by atoms with van der Waals surface area (Å²) in [5, 5.41) is 14.3. The Morgan fingerprint density at radius 3 is 2.74 bits per heavy atom. The van der Waals surface area contributed by atoms with Crippen molar-refractivity contribution < 1.29 is 4.79 Å². The number of nitrogens with zero attached hydrogens (tertiary/aromatic N) is 3. The number of thiophene rings is 2. The summed E-state index contributed by atoms with van der Waals surface area (Å²) < 4.78 is 1.59. The first-order chi connectivity index (χ1) is 16.5. The van der Waals surface area contributed by atoms with E-state index < -0.39 is 0 Å². The van der Waals surface area contributed by atoms with Crippen LogP contribution in [0.4, 0.5) is 5.00 Å². The molecule has 6 nitrogen and oxygen atoms in total. The molecular weight excluding hydrogens is 485 g/mol. The Balaban J connectivity index is 1.45. The molecule has 4 aromatic rings. The van der Waals surface area contributed by atoms with Crippen molar-refractivity contribution in [3.63, 3.8) is 0 Å². The van der Waals surface area contributed by atoms with Crippen LogP contribution in [0.1, 0.15) is 39.3 Å². The predicted molar refractivity (Wildman–Crippen MR) is 140 cm³/mol. The summed E-state index contributed by atoms with van der Waals surface area (Å²) in [6, 6.07) is 11.7. The molecule has 0 fully saturated rings. The third kappa shape index (κ3) is 4.06. The first-order valence-corrected chi connectivity index (χ1v) is 13.6. The van der Waals surface area contributed by atoms with E-state index in [2.05, 4.69) is 11.4 Å². The number of nitrogens with one attached hydrogen (secondary N) is 1. The molecule has 1 N–H and O–H groups in total. The molecule has 3 aromatic heterocycles.